The highest BCUT2D eigenvalue weighted by Crippen LogP contribution is 2.48. The lowest BCUT2D eigenvalue weighted by Crippen LogP contribution is -2.45. The number of nitrogens with two attached hydrogens (primary N) is 1. The Kier molecular flexibility index (Phi) is 4.34. The summed E-state index contributed by atoms with van der Waals surface area (Å²) in [6, 6.07) is 6.07. The number of aliphatic hydroxyl groups is 1. The van der Waals surface area contributed by atoms with Gasteiger partial charge in [-0.25, -0.2) is 13.6 Å². The second-order valence-electron chi connectivity index (χ2n) is 6.63. The minimum atomic E-state index is -2.88. The summed E-state index contributed by atoms with van der Waals surface area (Å²) in [7, 11) is 0. The van der Waals surface area contributed by atoms with E-state index in [1.807, 2.05) is 6.08 Å². The number of hydrogen-bond acceptors (Lipinski definition) is 4. The maximum Gasteiger partial charge on any atom is 0.343 e. The molecule has 0 aliphatic heterocycles. The number of nitrogen functional groups attached to an aromatic ring is 1. The molecule has 2 aliphatic carbocycles. The van der Waals surface area contributed by atoms with Crippen LogP contribution in [0.3, 0.4) is 0 Å². The van der Waals surface area contributed by atoms with Gasteiger partial charge in [0.05, 0.1) is 0 Å². The number of allylic oxidation sites excluding steroid dienone is 1. The van der Waals surface area contributed by atoms with Gasteiger partial charge in [0, 0.05) is 24.4 Å². The summed E-state index contributed by atoms with van der Waals surface area (Å²) in [5.41, 5.74) is 4.26. The van der Waals surface area contributed by atoms with Gasteiger partial charge in [0.25, 0.3) is 0 Å². The Morgan fingerprint density at radius 3 is 2.54 bits per heavy atom. The lowest BCUT2D eigenvalue weighted by Gasteiger charge is -2.33. The fourth-order valence-corrected chi connectivity index (χ4v) is 3.49. The van der Waals surface area contributed by atoms with Crippen LogP contribution in [0.1, 0.15) is 37.7 Å². The minimum Gasteiger partial charge on any atom is -0.456 e. The molecule has 1 aromatic carbocycles. The number of alkyl halides is 2. The second kappa shape index (κ2) is 6.16. The number of halogens is 2. The van der Waals surface area contributed by atoms with E-state index in [4.69, 9.17) is 10.5 Å². The molecule has 1 fully saturated rings. The molecule has 1 aromatic rings. The second-order valence-corrected chi connectivity index (χ2v) is 6.63. The Labute approximate surface area is 139 Å². The SMILES string of the molecule is Nc1ccc(C(O)(C(=O)OC2C=CCC2)C2CCC(F)(F)C2)cc1. The van der Waals surface area contributed by atoms with E-state index in [0.29, 0.717) is 12.1 Å². The molecular formula is C18H21F2NO3. The molecule has 1 saturated carbocycles. The monoisotopic (exact) mass is 337 g/mol. The van der Waals surface area contributed by atoms with Crippen molar-refractivity contribution in [3.63, 3.8) is 0 Å². The Morgan fingerprint density at radius 2 is 2.00 bits per heavy atom. The van der Waals surface area contributed by atoms with Gasteiger partial charge in [-0.05, 0) is 43.0 Å². The lowest BCUT2D eigenvalue weighted by molar-refractivity contribution is -0.178. The maximum atomic E-state index is 13.7. The molecule has 3 atom stereocenters. The van der Waals surface area contributed by atoms with Gasteiger partial charge in [0.2, 0.25) is 5.92 Å². The van der Waals surface area contributed by atoms with Crippen LogP contribution in [0.4, 0.5) is 14.5 Å². The number of esters is 1. The molecule has 4 nitrogen and oxygen atoms in total. The van der Waals surface area contributed by atoms with E-state index < -0.39 is 35.9 Å². The Hall–Kier alpha value is -1.95. The number of ether oxygens (including phenoxy) is 1. The maximum absolute atomic E-state index is 13.7. The standard InChI is InChI=1S/C18H21F2NO3/c19-17(20)10-9-13(11-17)18(23,12-5-7-14(21)8-6-12)16(22)24-15-3-1-2-4-15/h1,3,5-8,13,15,23H,2,4,9-11,21H2. The first-order valence-corrected chi connectivity index (χ1v) is 8.15. The highest BCUT2D eigenvalue weighted by molar-refractivity contribution is 5.82. The van der Waals surface area contributed by atoms with Crippen molar-refractivity contribution in [2.75, 3.05) is 5.73 Å². The van der Waals surface area contributed by atoms with Gasteiger partial charge in [-0.1, -0.05) is 18.2 Å². The first-order chi connectivity index (χ1) is 11.3. The van der Waals surface area contributed by atoms with E-state index in [2.05, 4.69) is 0 Å². The smallest absolute Gasteiger partial charge is 0.343 e. The zero-order valence-electron chi connectivity index (χ0n) is 13.3. The number of anilines is 1. The Balaban J connectivity index is 1.92. The zero-order valence-corrected chi connectivity index (χ0v) is 13.3. The molecule has 0 radical (unpaired) electrons. The van der Waals surface area contributed by atoms with E-state index >= 15 is 0 Å². The van der Waals surface area contributed by atoms with Crippen molar-refractivity contribution in [1.29, 1.82) is 0 Å². The predicted octanol–water partition coefficient (Wildman–Crippen LogP) is 3.15. The quantitative estimate of drug-likeness (QED) is 0.503. The van der Waals surface area contributed by atoms with Gasteiger partial charge in [-0.15, -0.1) is 0 Å². The van der Waals surface area contributed by atoms with Crippen LogP contribution >= 0.6 is 0 Å². The van der Waals surface area contributed by atoms with Crippen molar-refractivity contribution >= 4 is 11.7 Å². The summed E-state index contributed by atoms with van der Waals surface area (Å²) in [6.07, 6.45) is 3.84. The summed E-state index contributed by atoms with van der Waals surface area (Å²) in [6.45, 7) is 0. The van der Waals surface area contributed by atoms with Gasteiger partial charge >= 0.3 is 5.97 Å². The molecule has 130 valence electrons. The first-order valence-electron chi connectivity index (χ1n) is 8.15. The molecule has 2 aliphatic rings. The number of hydrogen-bond donors (Lipinski definition) is 2. The average molecular weight is 337 g/mol. The molecule has 6 heteroatoms. The Morgan fingerprint density at radius 1 is 1.29 bits per heavy atom. The molecule has 3 unspecified atom stereocenters. The Bertz CT molecular complexity index is 644. The van der Waals surface area contributed by atoms with E-state index in [0.717, 1.165) is 6.42 Å². The number of carbonyl (C=O) groups is 1. The molecule has 0 heterocycles. The largest absolute Gasteiger partial charge is 0.456 e. The van der Waals surface area contributed by atoms with Crippen LogP contribution in [0.2, 0.25) is 0 Å². The average Bonchev–Trinajstić information content (AvgIpc) is 3.16. The molecule has 3 N–H and O–H groups in total. The summed E-state index contributed by atoms with van der Waals surface area (Å²) in [5.74, 6) is -4.64. The molecule has 0 saturated heterocycles. The van der Waals surface area contributed by atoms with E-state index in [-0.39, 0.29) is 18.4 Å². The number of benzene rings is 1. The fourth-order valence-electron chi connectivity index (χ4n) is 3.49. The van der Waals surface area contributed by atoms with Crippen LogP contribution in [-0.2, 0) is 15.1 Å². The highest BCUT2D eigenvalue weighted by Gasteiger charge is 2.54. The van der Waals surface area contributed by atoms with Gasteiger partial charge in [-0.3, -0.25) is 0 Å². The van der Waals surface area contributed by atoms with Crippen LogP contribution < -0.4 is 5.73 Å². The fraction of sp³-hybridized carbons (Fsp3) is 0.500. The van der Waals surface area contributed by atoms with Gasteiger partial charge < -0.3 is 15.6 Å². The summed E-state index contributed by atoms with van der Waals surface area (Å²) >= 11 is 0. The van der Waals surface area contributed by atoms with E-state index in [1.54, 1.807) is 6.08 Å². The van der Waals surface area contributed by atoms with Crippen LogP contribution in [0, 0.1) is 5.92 Å². The summed E-state index contributed by atoms with van der Waals surface area (Å²) in [4.78, 5) is 12.7. The molecule has 3 rings (SSSR count). The molecule has 0 bridgehead atoms. The molecule has 0 spiro atoms. The third kappa shape index (κ3) is 3.15. The normalized spacial score (nSPS) is 27.8. The van der Waals surface area contributed by atoms with Crippen molar-refractivity contribution in [2.45, 2.75) is 49.7 Å². The zero-order chi connectivity index (χ0) is 17.4. The van der Waals surface area contributed by atoms with E-state index in [9.17, 15) is 18.7 Å². The van der Waals surface area contributed by atoms with Crippen molar-refractivity contribution in [2.24, 2.45) is 5.92 Å². The minimum absolute atomic E-state index is 0.0590. The topological polar surface area (TPSA) is 72.5 Å². The first kappa shape index (κ1) is 16.9. The van der Waals surface area contributed by atoms with Crippen LogP contribution in [-0.4, -0.2) is 23.1 Å². The predicted molar refractivity (Wildman–Crippen MR) is 85.3 cm³/mol. The van der Waals surface area contributed by atoms with Gasteiger partial charge in [0.1, 0.15) is 6.10 Å². The summed E-state index contributed by atoms with van der Waals surface area (Å²) < 4.78 is 32.7. The third-order valence-corrected chi connectivity index (χ3v) is 4.88. The van der Waals surface area contributed by atoms with Crippen molar-refractivity contribution in [3.8, 4) is 0 Å². The number of carbonyl (C=O) groups excluding carboxylic acids is 1. The summed E-state index contributed by atoms with van der Waals surface area (Å²) in [5, 5.41) is 11.2. The highest BCUT2D eigenvalue weighted by atomic mass is 19.3. The molecular weight excluding hydrogens is 316 g/mol. The molecule has 0 amide bonds. The van der Waals surface area contributed by atoms with Gasteiger partial charge in [-0.2, -0.15) is 0 Å². The third-order valence-electron chi connectivity index (χ3n) is 4.88. The van der Waals surface area contributed by atoms with Gasteiger partial charge in [0.15, 0.2) is 5.60 Å². The van der Waals surface area contributed by atoms with E-state index in [1.165, 1.54) is 24.3 Å². The molecule has 0 aromatic heterocycles. The van der Waals surface area contributed by atoms with Crippen LogP contribution in [0.25, 0.3) is 0 Å². The van der Waals surface area contributed by atoms with Crippen LogP contribution in [0.5, 0.6) is 0 Å². The van der Waals surface area contributed by atoms with Crippen molar-refractivity contribution in [1.82, 2.24) is 0 Å². The number of rotatable bonds is 4. The van der Waals surface area contributed by atoms with Crippen molar-refractivity contribution < 1.29 is 23.4 Å². The lowest BCUT2D eigenvalue weighted by atomic mass is 9.80. The molecule has 24 heavy (non-hydrogen) atoms. The van der Waals surface area contributed by atoms with Crippen molar-refractivity contribution in [3.05, 3.63) is 42.0 Å². The van der Waals surface area contributed by atoms with Crippen LogP contribution in [0.15, 0.2) is 36.4 Å².